The van der Waals surface area contributed by atoms with Crippen molar-refractivity contribution >= 4 is 11.7 Å². The van der Waals surface area contributed by atoms with E-state index < -0.39 is 0 Å². The zero-order chi connectivity index (χ0) is 12.0. The molecule has 1 aromatic heterocycles. The number of ether oxygens (including phenoxy) is 1. The van der Waals surface area contributed by atoms with Gasteiger partial charge in [0.15, 0.2) is 18.2 Å². The van der Waals surface area contributed by atoms with Crippen LogP contribution in [0, 0.1) is 18.3 Å². The lowest BCUT2D eigenvalue weighted by molar-refractivity contribution is -0.122. The number of hydrogen-bond acceptors (Lipinski definition) is 5. The first kappa shape index (κ1) is 11.8. The molecule has 0 saturated heterocycles. The Balaban J connectivity index is 2.49. The number of carbonyl (C=O) groups is 1. The highest BCUT2D eigenvalue weighted by Gasteiger charge is 2.05. The molecule has 16 heavy (non-hydrogen) atoms. The fraction of sp³-hybridized carbons (Fsp3) is 0.300. The minimum Gasteiger partial charge on any atom is -0.480 e. The number of nitrogen functional groups attached to an aromatic ring is 1. The van der Waals surface area contributed by atoms with Crippen molar-refractivity contribution in [2.75, 3.05) is 18.9 Å². The highest BCUT2D eigenvalue weighted by atomic mass is 16.5. The van der Waals surface area contributed by atoms with E-state index in [4.69, 9.17) is 15.7 Å². The maximum Gasteiger partial charge on any atom is 0.258 e. The molecule has 0 unspecified atom stereocenters. The molecule has 0 aliphatic rings. The second kappa shape index (κ2) is 5.56. The molecule has 0 atom stereocenters. The maximum absolute atomic E-state index is 11.1. The first-order valence-electron chi connectivity index (χ1n) is 4.63. The summed E-state index contributed by atoms with van der Waals surface area (Å²) >= 11 is 0. The van der Waals surface area contributed by atoms with E-state index in [9.17, 15) is 4.79 Å². The van der Waals surface area contributed by atoms with Crippen LogP contribution in [0.25, 0.3) is 0 Å². The lowest BCUT2D eigenvalue weighted by Crippen LogP contribution is -2.29. The van der Waals surface area contributed by atoms with Gasteiger partial charge in [-0.3, -0.25) is 4.79 Å². The van der Waals surface area contributed by atoms with Crippen molar-refractivity contribution in [3.8, 4) is 11.8 Å². The summed E-state index contributed by atoms with van der Waals surface area (Å²) in [4.78, 5) is 15.1. The number of pyridine rings is 1. The summed E-state index contributed by atoms with van der Waals surface area (Å²) in [6.45, 7) is 1.58. The Hall–Kier alpha value is -2.29. The third kappa shape index (κ3) is 3.46. The maximum atomic E-state index is 11.1. The summed E-state index contributed by atoms with van der Waals surface area (Å²) in [5, 5.41) is 10.6. The number of hydrogen-bond donors (Lipinski definition) is 2. The standard InChI is InChI=1S/C10H12N4O2/c1-7-2-3-8(10(12)14-7)16-6-9(15)13-5-4-11/h2-3H,5-6H2,1H3,(H2,12,14)(H,13,15). The van der Waals surface area contributed by atoms with Crippen LogP contribution in [0.5, 0.6) is 5.75 Å². The number of nitrogens with zero attached hydrogens (tertiary/aromatic N) is 2. The summed E-state index contributed by atoms with van der Waals surface area (Å²) in [5.41, 5.74) is 6.36. The van der Waals surface area contributed by atoms with Gasteiger partial charge in [-0.25, -0.2) is 4.98 Å². The van der Waals surface area contributed by atoms with Gasteiger partial charge in [0, 0.05) is 5.69 Å². The second-order valence-electron chi connectivity index (χ2n) is 3.06. The van der Waals surface area contributed by atoms with Crippen molar-refractivity contribution in [3.63, 3.8) is 0 Å². The molecule has 6 nitrogen and oxygen atoms in total. The van der Waals surface area contributed by atoms with Gasteiger partial charge < -0.3 is 15.8 Å². The third-order valence-electron chi connectivity index (χ3n) is 1.75. The molecule has 0 saturated carbocycles. The van der Waals surface area contributed by atoms with Crippen molar-refractivity contribution in [2.24, 2.45) is 0 Å². The van der Waals surface area contributed by atoms with Crippen molar-refractivity contribution in [1.82, 2.24) is 10.3 Å². The number of nitriles is 1. The number of nitrogens with two attached hydrogens (primary N) is 1. The zero-order valence-corrected chi connectivity index (χ0v) is 8.86. The quantitative estimate of drug-likeness (QED) is 0.695. The Labute approximate surface area is 93.0 Å². The van der Waals surface area contributed by atoms with Crippen molar-refractivity contribution < 1.29 is 9.53 Å². The molecule has 0 bridgehead atoms. The van der Waals surface area contributed by atoms with Crippen LogP contribution >= 0.6 is 0 Å². The normalized spacial score (nSPS) is 9.25. The number of aromatic nitrogens is 1. The Morgan fingerprint density at radius 1 is 1.69 bits per heavy atom. The van der Waals surface area contributed by atoms with Gasteiger partial charge >= 0.3 is 0 Å². The average molecular weight is 220 g/mol. The molecule has 0 aromatic carbocycles. The molecule has 0 aliphatic heterocycles. The molecule has 0 fully saturated rings. The monoisotopic (exact) mass is 220 g/mol. The van der Waals surface area contributed by atoms with Crippen LogP contribution in [0.1, 0.15) is 5.69 Å². The van der Waals surface area contributed by atoms with Gasteiger partial charge in [-0.15, -0.1) is 0 Å². The fourth-order valence-corrected chi connectivity index (χ4v) is 1.02. The van der Waals surface area contributed by atoms with Crippen molar-refractivity contribution in [3.05, 3.63) is 17.8 Å². The molecule has 0 spiro atoms. The van der Waals surface area contributed by atoms with Gasteiger partial charge in [0.05, 0.1) is 6.07 Å². The van der Waals surface area contributed by atoms with Gasteiger partial charge in [0.2, 0.25) is 0 Å². The van der Waals surface area contributed by atoms with E-state index in [0.29, 0.717) is 5.75 Å². The predicted octanol–water partition coefficient (Wildman–Crippen LogP) is -0.00920. The van der Waals surface area contributed by atoms with Crippen molar-refractivity contribution in [2.45, 2.75) is 6.92 Å². The largest absolute Gasteiger partial charge is 0.480 e. The molecule has 84 valence electrons. The van der Waals surface area contributed by atoms with Crippen LogP contribution in [0.15, 0.2) is 12.1 Å². The Kier molecular flexibility index (Phi) is 4.09. The molecular weight excluding hydrogens is 208 g/mol. The molecule has 0 radical (unpaired) electrons. The number of carbonyl (C=O) groups excluding carboxylic acids is 1. The minimum absolute atomic E-state index is 0.0379. The van der Waals surface area contributed by atoms with Crippen LogP contribution in [-0.4, -0.2) is 24.0 Å². The van der Waals surface area contributed by atoms with Gasteiger partial charge in [0.25, 0.3) is 5.91 Å². The Morgan fingerprint density at radius 3 is 3.06 bits per heavy atom. The minimum atomic E-state index is -0.374. The topological polar surface area (TPSA) is 101 Å². The predicted molar refractivity (Wildman–Crippen MR) is 57.5 cm³/mol. The second-order valence-corrected chi connectivity index (χ2v) is 3.06. The Bertz CT molecular complexity index is 425. The van der Waals surface area contributed by atoms with Crippen LogP contribution in [-0.2, 0) is 4.79 Å². The molecule has 6 heteroatoms. The smallest absolute Gasteiger partial charge is 0.258 e. The number of anilines is 1. The molecule has 1 rings (SSSR count). The molecule has 3 N–H and O–H groups in total. The molecule has 0 aliphatic carbocycles. The van der Waals surface area contributed by atoms with Crippen LogP contribution in [0.4, 0.5) is 5.82 Å². The molecule has 1 amide bonds. The lowest BCUT2D eigenvalue weighted by atomic mass is 10.3. The van der Waals surface area contributed by atoms with E-state index in [1.54, 1.807) is 25.1 Å². The SMILES string of the molecule is Cc1ccc(OCC(=O)NCC#N)c(N)n1. The van der Waals surface area contributed by atoms with Gasteiger partial charge in [-0.1, -0.05) is 0 Å². The van der Waals surface area contributed by atoms with Gasteiger partial charge in [-0.05, 0) is 19.1 Å². The highest BCUT2D eigenvalue weighted by molar-refractivity contribution is 5.77. The first-order chi connectivity index (χ1) is 7.63. The summed E-state index contributed by atoms with van der Waals surface area (Å²) in [6, 6.07) is 5.17. The lowest BCUT2D eigenvalue weighted by Gasteiger charge is -2.07. The first-order valence-corrected chi connectivity index (χ1v) is 4.63. The molecule has 1 heterocycles. The fourth-order valence-electron chi connectivity index (χ4n) is 1.02. The molecular formula is C10H12N4O2. The van der Waals surface area contributed by atoms with Crippen LogP contribution in [0.2, 0.25) is 0 Å². The number of amides is 1. The number of nitrogens with one attached hydrogen (secondary N) is 1. The van der Waals surface area contributed by atoms with E-state index in [-0.39, 0.29) is 24.9 Å². The van der Waals surface area contributed by atoms with Crippen molar-refractivity contribution in [1.29, 1.82) is 5.26 Å². The number of rotatable bonds is 4. The summed E-state index contributed by atoms with van der Waals surface area (Å²) < 4.78 is 5.14. The van der Waals surface area contributed by atoms with E-state index >= 15 is 0 Å². The van der Waals surface area contributed by atoms with E-state index in [2.05, 4.69) is 10.3 Å². The number of aryl methyl sites for hydroxylation is 1. The average Bonchev–Trinajstić information content (AvgIpc) is 2.25. The Morgan fingerprint density at radius 2 is 2.44 bits per heavy atom. The zero-order valence-electron chi connectivity index (χ0n) is 8.86. The molecule has 1 aromatic rings. The summed E-state index contributed by atoms with van der Waals surface area (Å²) in [7, 11) is 0. The van der Waals surface area contributed by atoms with E-state index in [0.717, 1.165) is 5.69 Å². The van der Waals surface area contributed by atoms with E-state index in [1.807, 2.05) is 0 Å². The van der Waals surface area contributed by atoms with E-state index in [1.165, 1.54) is 0 Å². The van der Waals surface area contributed by atoms with Crippen LogP contribution in [0.3, 0.4) is 0 Å². The summed E-state index contributed by atoms with van der Waals surface area (Å²) in [6.07, 6.45) is 0. The van der Waals surface area contributed by atoms with Gasteiger partial charge in [0.1, 0.15) is 6.54 Å². The van der Waals surface area contributed by atoms with Crippen LogP contribution < -0.4 is 15.8 Å². The highest BCUT2D eigenvalue weighted by Crippen LogP contribution is 2.18. The third-order valence-corrected chi connectivity index (χ3v) is 1.75. The summed E-state index contributed by atoms with van der Waals surface area (Å²) in [5.74, 6) is 0.229. The van der Waals surface area contributed by atoms with Gasteiger partial charge in [-0.2, -0.15) is 5.26 Å².